The lowest BCUT2D eigenvalue weighted by molar-refractivity contribution is -0.124. The number of nitrogens with zero attached hydrogens (tertiary/aromatic N) is 4. The van der Waals surface area contributed by atoms with Crippen LogP contribution < -0.4 is 20.1 Å². The maximum Gasteiger partial charge on any atom is 0.290 e. The molecule has 2 aliphatic rings. The van der Waals surface area contributed by atoms with Crippen LogP contribution in [0.25, 0.3) is 0 Å². The molecule has 2 aromatic rings. The Morgan fingerprint density at radius 1 is 1.00 bits per heavy atom. The Kier molecular flexibility index (Phi) is 6.06. The van der Waals surface area contributed by atoms with E-state index in [1.165, 1.54) is 5.01 Å². The summed E-state index contributed by atoms with van der Waals surface area (Å²) in [6, 6.07) is 16.6. The van der Waals surface area contributed by atoms with Crippen LogP contribution in [0.5, 0.6) is 5.75 Å². The zero-order valence-corrected chi connectivity index (χ0v) is 17.8. The van der Waals surface area contributed by atoms with Crippen LogP contribution in [0.15, 0.2) is 59.6 Å². The number of hydrogen-bond acceptors (Lipinski definition) is 6. The Hall–Kier alpha value is -3.55. The fourth-order valence-corrected chi connectivity index (χ4v) is 3.82. The number of hydrazine groups is 1. The largest absolute Gasteiger partial charge is 0.497 e. The Labute approximate surface area is 182 Å². The molecule has 0 spiro atoms. The summed E-state index contributed by atoms with van der Waals surface area (Å²) in [5, 5.41) is 1.41. The fraction of sp³-hybridized carbons (Fsp3) is 0.348. The van der Waals surface area contributed by atoms with Gasteiger partial charge >= 0.3 is 0 Å². The van der Waals surface area contributed by atoms with E-state index in [4.69, 9.17) is 4.74 Å². The van der Waals surface area contributed by atoms with E-state index in [1.54, 1.807) is 18.9 Å². The number of carbonyl (C=O) groups is 2. The highest BCUT2D eigenvalue weighted by molar-refractivity contribution is 6.39. The smallest absolute Gasteiger partial charge is 0.290 e. The van der Waals surface area contributed by atoms with Crippen molar-refractivity contribution in [3.63, 3.8) is 0 Å². The predicted octanol–water partition coefficient (Wildman–Crippen LogP) is 2.07. The van der Waals surface area contributed by atoms with E-state index in [1.807, 2.05) is 54.6 Å². The average molecular weight is 422 g/mol. The number of aliphatic imine (C=N–C) groups is 1. The molecule has 0 bridgehead atoms. The van der Waals surface area contributed by atoms with Crippen molar-refractivity contribution in [2.45, 2.75) is 19.4 Å². The third kappa shape index (κ3) is 4.47. The second-order valence-corrected chi connectivity index (χ2v) is 7.61. The molecule has 4 rings (SSSR count). The summed E-state index contributed by atoms with van der Waals surface area (Å²) in [5.41, 5.74) is 4.73. The molecule has 0 aromatic heterocycles. The molecular weight excluding hydrogens is 394 g/mol. The van der Waals surface area contributed by atoms with Crippen molar-refractivity contribution in [2.24, 2.45) is 4.99 Å². The number of anilines is 2. The molecule has 2 aromatic carbocycles. The minimum absolute atomic E-state index is 0.183. The number of amidine groups is 1. The zero-order chi connectivity index (χ0) is 21.8. The van der Waals surface area contributed by atoms with E-state index in [2.05, 4.69) is 15.3 Å². The van der Waals surface area contributed by atoms with Gasteiger partial charge in [0.25, 0.3) is 11.8 Å². The average Bonchev–Trinajstić information content (AvgIpc) is 3.07. The second kappa shape index (κ2) is 9.07. The Bertz CT molecular complexity index is 961. The zero-order valence-electron chi connectivity index (χ0n) is 17.8. The monoisotopic (exact) mass is 421 g/mol. The number of ether oxygens (including phenoxy) is 1. The van der Waals surface area contributed by atoms with Crippen LogP contribution >= 0.6 is 0 Å². The number of nitrogens with one attached hydrogen (secondary N) is 1. The van der Waals surface area contributed by atoms with E-state index in [-0.39, 0.29) is 17.6 Å². The first kappa shape index (κ1) is 20.7. The second-order valence-electron chi connectivity index (χ2n) is 7.61. The predicted molar refractivity (Wildman–Crippen MR) is 120 cm³/mol. The van der Waals surface area contributed by atoms with Gasteiger partial charge in [-0.1, -0.05) is 18.2 Å². The maximum atomic E-state index is 13.2. The quantitative estimate of drug-likeness (QED) is 0.818. The van der Waals surface area contributed by atoms with Gasteiger partial charge in [-0.15, -0.1) is 0 Å². The highest BCUT2D eigenvalue weighted by Gasteiger charge is 2.33. The number of amides is 2. The van der Waals surface area contributed by atoms with Gasteiger partial charge in [0.1, 0.15) is 11.8 Å². The van der Waals surface area contributed by atoms with Crippen molar-refractivity contribution in [1.29, 1.82) is 0 Å². The Morgan fingerprint density at radius 3 is 2.45 bits per heavy atom. The van der Waals surface area contributed by atoms with Crippen molar-refractivity contribution in [3.05, 3.63) is 54.6 Å². The third-order valence-electron chi connectivity index (χ3n) is 5.56. The van der Waals surface area contributed by atoms with Gasteiger partial charge in [-0.3, -0.25) is 15.0 Å². The highest BCUT2D eigenvalue weighted by Crippen LogP contribution is 2.21. The van der Waals surface area contributed by atoms with Crippen molar-refractivity contribution >= 4 is 29.0 Å². The van der Waals surface area contributed by atoms with Crippen LogP contribution in [-0.2, 0) is 9.59 Å². The van der Waals surface area contributed by atoms with Crippen molar-refractivity contribution in [3.8, 4) is 5.75 Å². The topological polar surface area (TPSA) is 77.5 Å². The van der Waals surface area contributed by atoms with E-state index in [9.17, 15) is 9.59 Å². The summed E-state index contributed by atoms with van der Waals surface area (Å²) in [4.78, 5) is 34.2. The van der Waals surface area contributed by atoms with Crippen LogP contribution in [0.3, 0.4) is 0 Å². The van der Waals surface area contributed by atoms with Crippen molar-refractivity contribution < 1.29 is 14.3 Å². The van der Waals surface area contributed by atoms with Gasteiger partial charge in [-0.2, -0.15) is 0 Å². The van der Waals surface area contributed by atoms with Crippen molar-refractivity contribution in [2.75, 3.05) is 43.2 Å². The number of rotatable bonds is 4. The molecule has 1 unspecified atom stereocenters. The molecule has 8 nitrogen and oxygen atoms in total. The maximum absolute atomic E-state index is 13.2. The third-order valence-corrected chi connectivity index (χ3v) is 5.56. The SMILES string of the molecule is COc1ccc(N2CCCN(C(=O)C3=NC(C)C(=O)N(c4ccccc4)N3)CC2)cc1. The number of methoxy groups -OCH3 is 1. The highest BCUT2D eigenvalue weighted by atomic mass is 16.5. The number of carbonyl (C=O) groups excluding carboxylic acids is 2. The first-order chi connectivity index (χ1) is 15.1. The molecular formula is C23H27N5O3. The lowest BCUT2D eigenvalue weighted by Crippen LogP contribution is -2.58. The molecule has 1 N–H and O–H groups in total. The van der Waals surface area contributed by atoms with Crippen LogP contribution in [-0.4, -0.2) is 61.9 Å². The summed E-state index contributed by atoms with van der Waals surface area (Å²) in [5.74, 6) is 0.651. The molecule has 162 valence electrons. The molecule has 8 heteroatoms. The van der Waals surface area contributed by atoms with Crippen LogP contribution in [0.2, 0.25) is 0 Å². The van der Waals surface area contributed by atoms with E-state index in [0.29, 0.717) is 18.8 Å². The minimum atomic E-state index is -0.622. The summed E-state index contributed by atoms with van der Waals surface area (Å²) in [6.07, 6.45) is 0.849. The molecule has 0 radical (unpaired) electrons. The lowest BCUT2D eigenvalue weighted by Gasteiger charge is -2.32. The molecule has 31 heavy (non-hydrogen) atoms. The van der Waals surface area contributed by atoms with Gasteiger partial charge < -0.3 is 14.5 Å². The van der Waals surface area contributed by atoms with Crippen molar-refractivity contribution in [1.82, 2.24) is 10.3 Å². The number of benzene rings is 2. The van der Waals surface area contributed by atoms with E-state index >= 15 is 0 Å². The number of hydrogen-bond donors (Lipinski definition) is 1. The van der Waals surface area contributed by atoms with Crippen LogP contribution in [0.1, 0.15) is 13.3 Å². The van der Waals surface area contributed by atoms with Gasteiger partial charge in [0.05, 0.1) is 12.8 Å². The Morgan fingerprint density at radius 2 is 1.74 bits per heavy atom. The first-order valence-electron chi connectivity index (χ1n) is 10.5. The van der Waals surface area contributed by atoms with Gasteiger partial charge in [0.15, 0.2) is 0 Å². The van der Waals surface area contributed by atoms with E-state index in [0.717, 1.165) is 30.9 Å². The van der Waals surface area contributed by atoms with E-state index < -0.39 is 6.04 Å². The molecule has 1 atom stereocenters. The molecule has 0 aliphatic carbocycles. The normalized spacial score (nSPS) is 19.4. The summed E-state index contributed by atoms with van der Waals surface area (Å²) >= 11 is 0. The molecule has 2 heterocycles. The molecule has 1 saturated heterocycles. The fourth-order valence-electron chi connectivity index (χ4n) is 3.82. The first-order valence-corrected chi connectivity index (χ1v) is 10.5. The molecule has 2 aliphatic heterocycles. The Balaban J connectivity index is 1.45. The van der Waals surface area contributed by atoms with Crippen LogP contribution in [0, 0.1) is 0 Å². The number of para-hydroxylation sites is 1. The summed E-state index contributed by atoms with van der Waals surface area (Å²) < 4.78 is 5.23. The molecule has 2 amide bonds. The van der Waals surface area contributed by atoms with Gasteiger partial charge in [-0.25, -0.2) is 10.0 Å². The van der Waals surface area contributed by atoms with Gasteiger partial charge in [0.2, 0.25) is 5.84 Å². The van der Waals surface area contributed by atoms with Crippen LogP contribution in [0.4, 0.5) is 11.4 Å². The lowest BCUT2D eigenvalue weighted by atomic mass is 10.2. The summed E-state index contributed by atoms with van der Waals surface area (Å²) in [6.45, 7) is 4.52. The standard InChI is InChI=1S/C23H27N5O3/c1-17-22(29)28(19-7-4-3-5-8-19)25-21(24-17)23(30)27-14-6-13-26(15-16-27)18-9-11-20(31-2)12-10-18/h3-5,7-12,17H,6,13-16H2,1-2H3,(H,24,25). The summed E-state index contributed by atoms with van der Waals surface area (Å²) in [7, 11) is 1.65. The molecule has 1 fully saturated rings. The van der Waals surface area contributed by atoms with Gasteiger partial charge in [0, 0.05) is 31.9 Å². The minimum Gasteiger partial charge on any atom is -0.497 e. The molecule has 0 saturated carbocycles. The van der Waals surface area contributed by atoms with Gasteiger partial charge in [-0.05, 0) is 49.7 Å².